The molecule has 2 aromatic rings. The van der Waals surface area contributed by atoms with Crippen molar-refractivity contribution in [2.75, 3.05) is 6.61 Å². The Balaban J connectivity index is 1.52. The molecule has 0 radical (unpaired) electrons. The second kappa shape index (κ2) is 14.5. The minimum atomic E-state index is -0.882. The van der Waals surface area contributed by atoms with E-state index < -0.39 is 11.6 Å². The van der Waals surface area contributed by atoms with Gasteiger partial charge in [-0.2, -0.15) is 4.39 Å². The summed E-state index contributed by atoms with van der Waals surface area (Å²) in [5.41, 5.74) is 2.35. The third-order valence-electron chi connectivity index (χ3n) is 7.56. The molecule has 0 aromatic heterocycles. The van der Waals surface area contributed by atoms with Gasteiger partial charge in [0.1, 0.15) is 0 Å². The lowest BCUT2D eigenvalue weighted by molar-refractivity contribution is 0.285. The Labute approximate surface area is 206 Å². The summed E-state index contributed by atoms with van der Waals surface area (Å²) in [6.07, 6.45) is 17.4. The Kier molecular flexibility index (Phi) is 11.4. The monoisotopic (exact) mass is 470 g/mol. The summed E-state index contributed by atoms with van der Waals surface area (Å²) >= 11 is 0. The highest BCUT2D eigenvalue weighted by Crippen LogP contribution is 2.39. The SMILES string of the molecule is CCCCCCCOc1ccc(-c2ccc(C3CCC(CCCCCC)CC3)cc2)c(F)c1F. The van der Waals surface area contributed by atoms with Crippen molar-refractivity contribution in [3.63, 3.8) is 0 Å². The van der Waals surface area contributed by atoms with Gasteiger partial charge < -0.3 is 4.74 Å². The van der Waals surface area contributed by atoms with E-state index in [9.17, 15) is 8.78 Å². The topological polar surface area (TPSA) is 9.23 Å². The molecule has 3 heteroatoms. The van der Waals surface area contributed by atoms with Crippen molar-refractivity contribution in [1.29, 1.82) is 0 Å². The van der Waals surface area contributed by atoms with Crippen LogP contribution in [-0.2, 0) is 0 Å². The molecular weight excluding hydrogens is 426 g/mol. The molecule has 1 saturated carbocycles. The van der Waals surface area contributed by atoms with Crippen molar-refractivity contribution in [3.8, 4) is 16.9 Å². The average molecular weight is 471 g/mol. The van der Waals surface area contributed by atoms with Crippen LogP contribution in [0.5, 0.6) is 5.75 Å². The number of hydrogen-bond donors (Lipinski definition) is 0. The summed E-state index contributed by atoms with van der Waals surface area (Å²) in [4.78, 5) is 0. The number of rotatable bonds is 14. The van der Waals surface area contributed by atoms with E-state index in [0.717, 1.165) is 30.7 Å². The molecule has 0 atom stereocenters. The molecule has 1 aliphatic rings. The fourth-order valence-electron chi connectivity index (χ4n) is 5.33. The molecule has 3 rings (SSSR count). The third kappa shape index (κ3) is 7.82. The van der Waals surface area contributed by atoms with Gasteiger partial charge in [0.15, 0.2) is 11.6 Å². The van der Waals surface area contributed by atoms with Crippen LogP contribution >= 0.6 is 0 Å². The van der Waals surface area contributed by atoms with Gasteiger partial charge >= 0.3 is 0 Å². The lowest BCUT2D eigenvalue weighted by Crippen LogP contribution is -2.13. The van der Waals surface area contributed by atoms with E-state index in [4.69, 9.17) is 4.74 Å². The predicted octanol–water partition coefficient (Wildman–Crippen LogP) is 10.2. The minimum Gasteiger partial charge on any atom is -0.490 e. The highest BCUT2D eigenvalue weighted by atomic mass is 19.2. The van der Waals surface area contributed by atoms with E-state index in [0.29, 0.717) is 18.1 Å². The normalized spacial score (nSPS) is 18.2. The quantitative estimate of drug-likeness (QED) is 0.250. The summed E-state index contributed by atoms with van der Waals surface area (Å²) in [7, 11) is 0. The van der Waals surface area contributed by atoms with Crippen molar-refractivity contribution in [2.45, 2.75) is 110 Å². The molecule has 0 bridgehead atoms. The lowest BCUT2D eigenvalue weighted by atomic mass is 9.77. The zero-order valence-electron chi connectivity index (χ0n) is 21.4. The van der Waals surface area contributed by atoms with E-state index in [2.05, 4.69) is 26.0 Å². The Morgan fingerprint density at radius 1 is 0.706 bits per heavy atom. The van der Waals surface area contributed by atoms with Crippen molar-refractivity contribution < 1.29 is 13.5 Å². The van der Waals surface area contributed by atoms with Crippen molar-refractivity contribution >= 4 is 0 Å². The maximum Gasteiger partial charge on any atom is 0.201 e. The first kappa shape index (κ1) is 26.7. The first-order valence-corrected chi connectivity index (χ1v) is 13.8. The molecular formula is C31H44F2O. The standard InChI is InChI=1S/C31H44F2O/c1-3-5-7-9-11-23-34-29-22-21-28(30(32)31(29)33)27-19-17-26(18-20-27)25-15-13-24(14-16-25)12-10-8-6-4-2/h17-22,24-25H,3-16,23H2,1-2H3. The summed E-state index contributed by atoms with van der Waals surface area (Å²) in [6, 6.07) is 11.3. The van der Waals surface area contributed by atoms with Crippen molar-refractivity contribution in [2.24, 2.45) is 5.92 Å². The number of halogens is 2. The maximum absolute atomic E-state index is 14.8. The van der Waals surface area contributed by atoms with Gasteiger partial charge in [0.05, 0.1) is 6.61 Å². The van der Waals surface area contributed by atoms with Gasteiger partial charge in [-0.3, -0.25) is 0 Å². The molecule has 0 aliphatic heterocycles. The summed E-state index contributed by atoms with van der Waals surface area (Å²) < 4.78 is 35.0. The minimum absolute atomic E-state index is 0.0137. The molecule has 0 N–H and O–H groups in total. The molecule has 2 aromatic carbocycles. The second-order valence-corrected chi connectivity index (χ2v) is 10.2. The van der Waals surface area contributed by atoms with Crippen LogP contribution in [0.15, 0.2) is 36.4 Å². The van der Waals surface area contributed by atoms with Crippen LogP contribution in [0, 0.1) is 17.6 Å². The van der Waals surface area contributed by atoms with Crippen LogP contribution in [0.2, 0.25) is 0 Å². The average Bonchev–Trinajstić information content (AvgIpc) is 2.87. The van der Waals surface area contributed by atoms with Crippen LogP contribution in [0.25, 0.3) is 11.1 Å². The Bertz CT molecular complexity index is 837. The van der Waals surface area contributed by atoms with E-state index in [1.165, 1.54) is 76.2 Å². The van der Waals surface area contributed by atoms with E-state index in [-0.39, 0.29) is 5.75 Å². The van der Waals surface area contributed by atoms with Crippen molar-refractivity contribution in [3.05, 3.63) is 53.6 Å². The number of benzene rings is 2. The molecule has 1 fully saturated rings. The van der Waals surface area contributed by atoms with Gasteiger partial charge in [-0.15, -0.1) is 0 Å². The Morgan fingerprint density at radius 3 is 2.03 bits per heavy atom. The molecule has 1 nitrogen and oxygen atoms in total. The predicted molar refractivity (Wildman–Crippen MR) is 140 cm³/mol. The van der Waals surface area contributed by atoms with E-state index in [1.54, 1.807) is 12.1 Å². The Morgan fingerprint density at radius 2 is 1.35 bits per heavy atom. The summed E-state index contributed by atoms with van der Waals surface area (Å²) in [5, 5.41) is 0. The second-order valence-electron chi connectivity index (χ2n) is 10.2. The van der Waals surface area contributed by atoms with Gasteiger partial charge in [-0.25, -0.2) is 4.39 Å². The number of hydrogen-bond acceptors (Lipinski definition) is 1. The van der Waals surface area contributed by atoms with Crippen LogP contribution in [0.4, 0.5) is 8.78 Å². The lowest BCUT2D eigenvalue weighted by Gasteiger charge is -2.29. The number of unbranched alkanes of at least 4 members (excludes halogenated alkanes) is 7. The van der Waals surface area contributed by atoms with Crippen molar-refractivity contribution in [1.82, 2.24) is 0 Å². The zero-order valence-corrected chi connectivity index (χ0v) is 21.4. The van der Waals surface area contributed by atoms with Gasteiger partial charge in [-0.1, -0.05) is 95.9 Å². The van der Waals surface area contributed by atoms with Gasteiger partial charge in [-0.05, 0) is 67.2 Å². The Hall–Kier alpha value is -1.90. The molecule has 0 amide bonds. The molecule has 0 heterocycles. The smallest absolute Gasteiger partial charge is 0.201 e. The van der Waals surface area contributed by atoms with Crippen LogP contribution in [0.3, 0.4) is 0 Å². The molecule has 0 saturated heterocycles. The van der Waals surface area contributed by atoms with Crippen LogP contribution in [0.1, 0.15) is 115 Å². The molecule has 0 unspecified atom stereocenters. The fraction of sp³-hybridized carbons (Fsp3) is 0.613. The largest absolute Gasteiger partial charge is 0.490 e. The summed E-state index contributed by atoms with van der Waals surface area (Å²) in [6.45, 7) is 4.86. The van der Waals surface area contributed by atoms with Crippen LogP contribution in [-0.4, -0.2) is 6.61 Å². The molecule has 188 valence electrons. The van der Waals surface area contributed by atoms with Crippen LogP contribution < -0.4 is 4.74 Å². The highest BCUT2D eigenvalue weighted by Gasteiger charge is 2.22. The maximum atomic E-state index is 14.8. The van der Waals surface area contributed by atoms with Gasteiger partial charge in [0.2, 0.25) is 5.82 Å². The number of ether oxygens (including phenoxy) is 1. The molecule has 34 heavy (non-hydrogen) atoms. The van der Waals surface area contributed by atoms with Gasteiger partial charge in [0.25, 0.3) is 0 Å². The van der Waals surface area contributed by atoms with E-state index >= 15 is 0 Å². The first-order chi connectivity index (χ1) is 16.6. The van der Waals surface area contributed by atoms with E-state index in [1.807, 2.05) is 12.1 Å². The van der Waals surface area contributed by atoms with Gasteiger partial charge in [0, 0.05) is 5.56 Å². The molecule has 0 spiro atoms. The fourth-order valence-corrected chi connectivity index (χ4v) is 5.33. The zero-order chi connectivity index (χ0) is 24.2. The highest BCUT2D eigenvalue weighted by molar-refractivity contribution is 5.65. The first-order valence-electron chi connectivity index (χ1n) is 13.8. The third-order valence-corrected chi connectivity index (χ3v) is 7.56. The summed E-state index contributed by atoms with van der Waals surface area (Å²) in [5.74, 6) is -0.204. The molecule has 1 aliphatic carbocycles.